The van der Waals surface area contributed by atoms with Crippen molar-refractivity contribution >= 4 is 29.2 Å². The average Bonchev–Trinajstić information content (AvgIpc) is 2.93. The Kier molecular flexibility index (Phi) is 5.90. The molecule has 1 heterocycles. The first-order chi connectivity index (χ1) is 13.8. The van der Waals surface area contributed by atoms with Crippen LogP contribution in [0.4, 0.5) is 10.5 Å². The standard InChI is InChI=1S/C22H20ClN3O3/c1-14(2)29-13-19-21(27)26(18-10-9-17(11-24)20(23)15(18)3)22(28)25(19)12-16-7-5-4-6-8-16/h4-10,19H,1,12-13H2,2-3H3/t19-/m0/s1. The summed E-state index contributed by atoms with van der Waals surface area (Å²) in [6.45, 7) is 7.32. The van der Waals surface area contributed by atoms with E-state index in [1.165, 1.54) is 11.0 Å². The number of urea groups is 1. The van der Waals surface area contributed by atoms with Crippen molar-refractivity contribution in [3.63, 3.8) is 0 Å². The Balaban J connectivity index is 2.00. The second kappa shape index (κ2) is 8.38. The molecule has 6 nitrogen and oxygen atoms in total. The van der Waals surface area contributed by atoms with Crippen molar-refractivity contribution < 1.29 is 14.3 Å². The van der Waals surface area contributed by atoms with Crippen molar-refractivity contribution in [2.45, 2.75) is 26.4 Å². The summed E-state index contributed by atoms with van der Waals surface area (Å²) in [6, 6.07) is 13.2. The van der Waals surface area contributed by atoms with Crippen LogP contribution in [0.25, 0.3) is 0 Å². The number of allylic oxidation sites excluding steroid dienone is 1. The minimum atomic E-state index is -0.798. The molecule has 0 radical (unpaired) electrons. The number of nitriles is 1. The van der Waals surface area contributed by atoms with E-state index in [1.54, 1.807) is 19.9 Å². The van der Waals surface area contributed by atoms with Crippen LogP contribution in [0.5, 0.6) is 0 Å². The van der Waals surface area contributed by atoms with Crippen LogP contribution in [-0.2, 0) is 16.1 Å². The highest BCUT2D eigenvalue weighted by Crippen LogP contribution is 2.34. The van der Waals surface area contributed by atoms with Gasteiger partial charge in [-0.3, -0.25) is 4.79 Å². The molecule has 3 amide bonds. The zero-order valence-corrected chi connectivity index (χ0v) is 16.9. The highest BCUT2D eigenvalue weighted by molar-refractivity contribution is 6.33. The van der Waals surface area contributed by atoms with E-state index in [0.29, 0.717) is 17.0 Å². The lowest BCUT2D eigenvalue weighted by molar-refractivity contribution is -0.121. The SMILES string of the molecule is C=C(C)OC[C@H]1C(=O)N(c2ccc(C#N)c(Cl)c2C)C(=O)N1Cc1ccccc1. The number of hydrogen-bond acceptors (Lipinski definition) is 4. The summed E-state index contributed by atoms with van der Waals surface area (Å²) in [5.74, 6) is 0.0528. The summed E-state index contributed by atoms with van der Waals surface area (Å²) in [7, 11) is 0. The van der Waals surface area contributed by atoms with Crippen LogP contribution in [0.15, 0.2) is 54.8 Å². The maximum Gasteiger partial charge on any atom is 0.332 e. The minimum Gasteiger partial charge on any atom is -0.496 e. The van der Waals surface area contributed by atoms with Crippen molar-refractivity contribution in [3.8, 4) is 6.07 Å². The fourth-order valence-corrected chi connectivity index (χ4v) is 3.41. The first-order valence-electron chi connectivity index (χ1n) is 9.01. The van der Waals surface area contributed by atoms with Crippen LogP contribution in [0.1, 0.15) is 23.6 Å². The highest BCUT2D eigenvalue weighted by atomic mass is 35.5. The Morgan fingerprint density at radius 1 is 1.24 bits per heavy atom. The quantitative estimate of drug-likeness (QED) is 0.523. The molecule has 7 heteroatoms. The maximum atomic E-state index is 13.2. The number of halogens is 1. The Hall–Kier alpha value is -3.30. The predicted octanol–water partition coefficient (Wildman–Crippen LogP) is 4.41. The third kappa shape index (κ3) is 3.96. The number of amides is 3. The van der Waals surface area contributed by atoms with E-state index in [-0.39, 0.29) is 23.7 Å². The smallest absolute Gasteiger partial charge is 0.332 e. The molecule has 0 aromatic heterocycles. The number of anilines is 1. The number of carbonyl (C=O) groups excluding carboxylic acids is 2. The predicted molar refractivity (Wildman–Crippen MR) is 110 cm³/mol. The van der Waals surface area contributed by atoms with Crippen LogP contribution in [0.3, 0.4) is 0 Å². The van der Waals surface area contributed by atoms with E-state index in [2.05, 4.69) is 6.58 Å². The fourth-order valence-electron chi connectivity index (χ4n) is 3.20. The summed E-state index contributed by atoms with van der Waals surface area (Å²) in [6.07, 6.45) is 0. The number of nitrogens with zero attached hydrogens (tertiary/aromatic N) is 3. The molecule has 2 aromatic carbocycles. The average molecular weight is 410 g/mol. The number of hydrogen-bond donors (Lipinski definition) is 0. The molecule has 0 spiro atoms. The van der Waals surface area contributed by atoms with Gasteiger partial charge in [0.2, 0.25) is 0 Å². The molecule has 0 bridgehead atoms. The summed E-state index contributed by atoms with van der Waals surface area (Å²) in [4.78, 5) is 29.0. The van der Waals surface area contributed by atoms with Crippen LogP contribution < -0.4 is 4.90 Å². The van der Waals surface area contributed by atoms with Gasteiger partial charge in [0.15, 0.2) is 0 Å². The first kappa shape index (κ1) is 20.4. The van der Waals surface area contributed by atoms with Crippen LogP contribution in [-0.4, -0.2) is 29.5 Å². The molecule has 1 fully saturated rings. The highest BCUT2D eigenvalue weighted by Gasteiger charge is 2.46. The molecule has 0 unspecified atom stereocenters. The summed E-state index contributed by atoms with van der Waals surface area (Å²) in [5, 5.41) is 9.38. The van der Waals surface area contributed by atoms with Gasteiger partial charge >= 0.3 is 6.03 Å². The maximum absolute atomic E-state index is 13.2. The van der Waals surface area contributed by atoms with Gasteiger partial charge in [-0.1, -0.05) is 48.5 Å². The van der Waals surface area contributed by atoms with Gasteiger partial charge in [0.25, 0.3) is 5.91 Å². The normalized spacial score (nSPS) is 16.1. The zero-order valence-electron chi connectivity index (χ0n) is 16.2. The van der Waals surface area contributed by atoms with Crippen molar-refractivity contribution in [1.29, 1.82) is 5.26 Å². The second-order valence-electron chi connectivity index (χ2n) is 6.78. The molecular weight excluding hydrogens is 390 g/mol. The Morgan fingerprint density at radius 2 is 1.93 bits per heavy atom. The van der Waals surface area contributed by atoms with Crippen LogP contribution >= 0.6 is 11.6 Å². The molecule has 3 rings (SSSR count). The molecular formula is C22H20ClN3O3. The summed E-state index contributed by atoms with van der Waals surface area (Å²) >= 11 is 6.26. The lowest BCUT2D eigenvalue weighted by Crippen LogP contribution is -2.38. The molecule has 1 aliphatic rings. The van der Waals surface area contributed by atoms with Crippen molar-refractivity contribution in [1.82, 2.24) is 4.90 Å². The summed E-state index contributed by atoms with van der Waals surface area (Å²) < 4.78 is 5.48. The molecule has 0 aliphatic carbocycles. The van der Waals surface area contributed by atoms with Gasteiger partial charge in [0.05, 0.1) is 22.0 Å². The molecule has 1 aliphatic heterocycles. The third-order valence-corrected chi connectivity index (χ3v) is 5.21. The fraction of sp³-hybridized carbons (Fsp3) is 0.227. The van der Waals surface area contributed by atoms with Crippen molar-refractivity contribution in [2.24, 2.45) is 0 Å². The molecule has 1 atom stereocenters. The Labute approximate surface area is 174 Å². The number of carbonyl (C=O) groups is 2. The monoisotopic (exact) mass is 409 g/mol. The number of imide groups is 1. The van der Waals surface area contributed by atoms with Crippen molar-refractivity contribution in [3.05, 3.63) is 76.5 Å². The Morgan fingerprint density at radius 3 is 2.55 bits per heavy atom. The molecule has 29 heavy (non-hydrogen) atoms. The summed E-state index contributed by atoms with van der Waals surface area (Å²) in [5.41, 5.74) is 2.04. The molecule has 1 saturated heterocycles. The number of rotatable bonds is 6. The van der Waals surface area contributed by atoms with Crippen LogP contribution in [0.2, 0.25) is 5.02 Å². The van der Waals surface area contributed by atoms with Gasteiger partial charge in [-0.2, -0.15) is 5.26 Å². The van der Waals surface area contributed by atoms with Crippen molar-refractivity contribution in [2.75, 3.05) is 11.5 Å². The minimum absolute atomic E-state index is 0.00625. The second-order valence-corrected chi connectivity index (χ2v) is 7.16. The lowest BCUT2D eigenvalue weighted by atomic mass is 10.1. The molecule has 0 N–H and O–H groups in total. The number of ether oxygens (including phenoxy) is 1. The zero-order chi connectivity index (χ0) is 21.1. The van der Waals surface area contributed by atoms with E-state index in [9.17, 15) is 9.59 Å². The number of benzene rings is 2. The largest absolute Gasteiger partial charge is 0.496 e. The Bertz CT molecular complexity index is 1010. The van der Waals surface area contributed by atoms with E-state index in [4.69, 9.17) is 21.6 Å². The van der Waals surface area contributed by atoms with Gasteiger partial charge in [-0.15, -0.1) is 0 Å². The van der Waals surface area contributed by atoms with E-state index < -0.39 is 18.0 Å². The molecule has 0 saturated carbocycles. The van der Waals surface area contributed by atoms with Gasteiger partial charge in [0, 0.05) is 6.54 Å². The first-order valence-corrected chi connectivity index (χ1v) is 9.39. The van der Waals surface area contributed by atoms with E-state index in [0.717, 1.165) is 10.5 Å². The molecule has 2 aromatic rings. The van der Waals surface area contributed by atoms with Gasteiger partial charge in [-0.05, 0) is 37.1 Å². The van der Waals surface area contributed by atoms with Gasteiger partial charge in [-0.25, -0.2) is 9.69 Å². The van der Waals surface area contributed by atoms with Gasteiger partial charge in [0.1, 0.15) is 18.7 Å². The topological polar surface area (TPSA) is 73.6 Å². The van der Waals surface area contributed by atoms with E-state index >= 15 is 0 Å². The molecule has 148 valence electrons. The van der Waals surface area contributed by atoms with Gasteiger partial charge < -0.3 is 9.64 Å². The van der Waals surface area contributed by atoms with Crippen LogP contribution in [0, 0.1) is 18.3 Å². The van der Waals surface area contributed by atoms with E-state index in [1.807, 2.05) is 36.4 Å². The lowest BCUT2D eigenvalue weighted by Gasteiger charge is -2.22. The third-order valence-electron chi connectivity index (χ3n) is 4.72.